The second-order valence-corrected chi connectivity index (χ2v) is 3.14. The van der Waals surface area contributed by atoms with Crippen LogP contribution < -0.4 is 0 Å². The van der Waals surface area contributed by atoms with Crippen LogP contribution in [0.15, 0.2) is 30.6 Å². The fraction of sp³-hybridized carbons (Fsp3) is 0.100. The molecule has 0 fully saturated rings. The maximum absolute atomic E-state index is 11.0. The van der Waals surface area contributed by atoms with Crippen molar-refractivity contribution in [2.45, 2.75) is 6.92 Å². The van der Waals surface area contributed by atoms with Gasteiger partial charge in [0.2, 0.25) is 0 Å². The van der Waals surface area contributed by atoms with Crippen molar-refractivity contribution < 1.29 is 9.90 Å². The molecule has 2 rings (SSSR count). The molecule has 0 aliphatic heterocycles. The molecule has 6 heteroatoms. The number of carboxylic acid groups (broad SMARTS) is 1. The van der Waals surface area contributed by atoms with Crippen LogP contribution in [0.25, 0.3) is 5.69 Å². The molecule has 1 heterocycles. The van der Waals surface area contributed by atoms with Crippen LogP contribution in [0.1, 0.15) is 15.9 Å². The summed E-state index contributed by atoms with van der Waals surface area (Å²) in [4.78, 5) is 12.3. The van der Waals surface area contributed by atoms with E-state index in [2.05, 4.69) is 10.2 Å². The molecule has 0 bridgehead atoms. The third-order valence-corrected chi connectivity index (χ3v) is 2.02. The van der Waals surface area contributed by atoms with Gasteiger partial charge in [-0.2, -0.15) is 15.0 Å². The van der Waals surface area contributed by atoms with Crippen molar-refractivity contribution in [2.75, 3.05) is 0 Å². The van der Waals surface area contributed by atoms with Gasteiger partial charge in [-0.1, -0.05) is 6.07 Å². The SMILES string of the molecule is Cc1ccc(C(=O)O)c(-n2nccn2)c1.[KH]. The van der Waals surface area contributed by atoms with Crippen LogP contribution >= 0.6 is 0 Å². The fourth-order valence-corrected chi connectivity index (χ4v) is 1.33. The summed E-state index contributed by atoms with van der Waals surface area (Å²) in [5, 5.41) is 16.8. The predicted octanol–water partition coefficient (Wildman–Crippen LogP) is 0.625. The zero-order valence-electron chi connectivity index (χ0n) is 8.08. The van der Waals surface area contributed by atoms with Crippen LogP contribution in [0.3, 0.4) is 0 Å². The second kappa shape index (κ2) is 5.69. The minimum absolute atomic E-state index is 0. The molecule has 0 saturated carbocycles. The van der Waals surface area contributed by atoms with Crippen molar-refractivity contribution in [3.63, 3.8) is 0 Å². The Balaban J connectivity index is 0.00000128. The summed E-state index contributed by atoms with van der Waals surface area (Å²) >= 11 is 0. The molecule has 5 nitrogen and oxygen atoms in total. The molecule has 78 valence electrons. The zero-order chi connectivity index (χ0) is 10.8. The van der Waals surface area contributed by atoms with Gasteiger partial charge in [-0.3, -0.25) is 0 Å². The van der Waals surface area contributed by atoms with E-state index >= 15 is 0 Å². The van der Waals surface area contributed by atoms with Crippen LogP contribution in [0.4, 0.5) is 0 Å². The van der Waals surface area contributed by atoms with Crippen molar-refractivity contribution in [3.8, 4) is 5.69 Å². The molecule has 0 atom stereocenters. The summed E-state index contributed by atoms with van der Waals surface area (Å²) in [5.41, 5.74) is 1.64. The number of nitrogens with zero attached hydrogens (tertiary/aromatic N) is 3. The summed E-state index contributed by atoms with van der Waals surface area (Å²) in [6.45, 7) is 1.89. The first-order valence-corrected chi connectivity index (χ1v) is 4.39. The number of aromatic nitrogens is 3. The molecule has 0 aliphatic carbocycles. The summed E-state index contributed by atoms with van der Waals surface area (Å²) in [7, 11) is 0. The number of hydrogen-bond donors (Lipinski definition) is 1. The standard InChI is InChI=1S/C10H9N3O2.K.H/c1-7-2-3-8(10(14)15)9(6-7)13-11-4-5-12-13;;/h2-6H,1H3,(H,14,15);;. The van der Waals surface area contributed by atoms with E-state index in [-0.39, 0.29) is 56.9 Å². The van der Waals surface area contributed by atoms with Gasteiger partial charge in [0.25, 0.3) is 0 Å². The second-order valence-electron chi connectivity index (χ2n) is 3.14. The van der Waals surface area contributed by atoms with Crippen LogP contribution in [-0.2, 0) is 0 Å². The molecule has 0 unspecified atom stereocenters. The van der Waals surface area contributed by atoms with Gasteiger partial charge in [0.15, 0.2) is 0 Å². The van der Waals surface area contributed by atoms with Gasteiger partial charge in [0.1, 0.15) is 5.69 Å². The molecule has 0 radical (unpaired) electrons. The third-order valence-electron chi connectivity index (χ3n) is 2.02. The Morgan fingerprint density at radius 3 is 2.50 bits per heavy atom. The monoisotopic (exact) mass is 243 g/mol. The Morgan fingerprint density at radius 1 is 1.31 bits per heavy atom. The number of rotatable bonds is 2. The average Bonchev–Trinajstić information content (AvgIpc) is 2.69. The van der Waals surface area contributed by atoms with E-state index in [1.54, 1.807) is 18.2 Å². The van der Waals surface area contributed by atoms with E-state index in [0.29, 0.717) is 5.69 Å². The van der Waals surface area contributed by atoms with Crippen molar-refractivity contribution >= 4 is 57.4 Å². The molecule has 0 aliphatic rings. The van der Waals surface area contributed by atoms with Crippen LogP contribution in [0, 0.1) is 6.92 Å². The van der Waals surface area contributed by atoms with Crippen molar-refractivity contribution in [2.24, 2.45) is 0 Å². The Kier molecular flexibility index (Phi) is 4.81. The first-order chi connectivity index (χ1) is 7.18. The number of hydrogen-bond acceptors (Lipinski definition) is 3. The van der Waals surface area contributed by atoms with E-state index in [1.165, 1.54) is 17.2 Å². The van der Waals surface area contributed by atoms with Gasteiger partial charge < -0.3 is 5.11 Å². The molecule has 0 saturated heterocycles. The molecule has 0 spiro atoms. The summed E-state index contributed by atoms with van der Waals surface area (Å²) in [6, 6.07) is 5.04. The van der Waals surface area contributed by atoms with Crippen molar-refractivity contribution in [1.82, 2.24) is 15.0 Å². The molecule has 1 aromatic heterocycles. The molecule has 16 heavy (non-hydrogen) atoms. The molecule has 0 amide bonds. The molecular formula is C10H10KN3O2. The summed E-state index contributed by atoms with van der Waals surface area (Å²) < 4.78 is 0. The van der Waals surface area contributed by atoms with Crippen LogP contribution in [-0.4, -0.2) is 77.5 Å². The maximum atomic E-state index is 11.0. The number of carbonyl (C=O) groups is 1. The van der Waals surface area contributed by atoms with Gasteiger partial charge in [-0.05, 0) is 24.6 Å². The van der Waals surface area contributed by atoms with E-state index in [4.69, 9.17) is 5.11 Å². The van der Waals surface area contributed by atoms with Gasteiger partial charge in [0.05, 0.1) is 18.0 Å². The number of carboxylic acids is 1. The first kappa shape index (κ1) is 13.5. The number of aromatic carboxylic acids is 1. The third kappa shape index (κ3) is 2.77. The molecule has 2 aromatic rings. The van der Waals surface area contributed by atoms with E-state index in [9.17, 15) is 4.79 Å². The van der Waals surface area contributed by atoms with Crippen LogP contribution in [0.5, 0.6) is 0 Å². The van der Waals surface area contributed by atoms with Gasteiger partial charge in [0, 0.05) is 0 Å². The Hall–Kier alpha value is -0.534. The fourth-order valence-electron chi connectivity index (χ4n) is 1.33. The van der Waals surface area contributed by atoms with Crippen molar-refractivity contribution in [3.05, 3.63) is 41.7 Å². The topological polar surface area (TPSA) is 68.0 Å². The first-order valence-electron chi connectivity index (χ1n) is 4.39. The van der Waals surface area contributed by atoms with Gasteiger partial charge in [-0.25, -0.2) is 4.79 Å². The van der Waals surface area contributed by atoms with Gasteiger partial charge >= 0.3 is 57.4 Å². The Bertz CT molecular complexity index is 497. The van der Waals surface area contributed by atoms with E-state index in [0.717, 1.165) is 5.56 Å². The normalized spacial score (nSPS) is 9.56. The van der Waals surface area contributed by atoms with Crippen LogP contribution in [0.2, 0.25) is 0 Å². The Labute approximate surface area is 135 Å². The minimum atomic E-state index is -0.984. The summed E-state index contributed by atoms with van der Waals surface area (Å²) in [6.07, 6.45) is 3.02. The molecule has 1 N–H and O–H groups in total. The quantitative estimate of drug-likeness (QED) is 0.785. The van der Waals surface area contributed by atoms with Crippen molar-refractivity contribution in [1.29, 1.82) is 0 Å². The van der Waals surface area contributed by atoms with Gasteiger partial charge in [-0.15, -0.1) is 0 Å². The molecular weight excluding hydrogens is 233 g/mol. The number of benzene rings is 1. The van der Waals surface area contributed by atoms with E-state index in [1.807, 2.05) is 6.92 Å². The van der Waals surface area contributed by atoms with E-state index < -0.39 is 5.97 Å². The summed E-state index contributed by atoms with van der Waals surface area (Å²) in [5.74, 6) is -0.984. The average molecular weight is 243 g/mol. The molecule has 1 aromatic carbocycles. The predicted molar refractivity (Wildman–Crippen MR) is 60.2 cm³/mol. The zero-order valence-corrected chi connectivity index (χ0v) is 8.08. The Morgan fingerprint density at radius 2 is 1.94 bits per heavy atom. The number of aryl methyl sites for hydroxylation is 1.